The third kappa shape index (κ3) is 37.0. The molecular formula is C41H76O8. The van der Waals surface area contributed by atoms with Gasteiger partial charge >= 0.3 is 23.9 Å². The largest absolute Gasteiger partial charge is 0.481 e. The predicted molar refractivity (Wildman–Crippen MR) is 199 cm³/mol. The van der Waals surface area contributed by atoms with Gasteiger partial charge in [0.05, 0.1) is 12.8 Å². The minimum Gasteiger partial charge on any atom is -0.481 e. The van der Waals surface area contributed by atoms with Gasteiger partial charge in [0.15, 0.2) is 6.10 Å². The van der Waals surface area contributed by atoms with Gasteiger partial charge in [-0.3, -0.25) is 19.2 Å². The standard InChI is InChI=1S/C41H76O8/c1-3-5-7-9-11-13-15-17-19-21-23-25-27-29-31-39(44)47-35-37(36-48-40(45)34-33-38(42)43)49-41(46)32-30-28-26-24-22-20-18-16-14-12-10-8-6-4-2/h37H,3-36H2,1-2H3,(H,42,43). The molecule has 49 heavy (non-hydrogen) atoms. The maximum atomic E-state index is 12.5. The number of ether oxygens (including phenoxy) is 3. The fourth-order valence-corrected chi connectivity index (χ4v) is 6.01. The smallest absolute Gasteiger partial charge is 0.306 e. The quantitative estimate of drug-likeness (QED) is 0.0385. The Kier molecular flexibility index (Phi) is 35.5. The fraction of sp³-hybridized carbons (Fsp3) is 0.902. The molecule has 0 aliphatic heterocycles. The number of hydrogen-bond acceptors (Lipinski definition) is 7. The van der Waals surface area contributed by atoms with Crippen molar-refractivity contribution in [2.45, 2.75) is 225 Å². The number of hydrogen-bond donors (Lipinski definition) is 1. The molecular weight excluding hydrogens is 620 g/mol. The second kappa shape index (κ2) is 37.1. The first-order valence-corrected chi connectivity index (χ1v) is 20.6. The Morgan fingerprint density at radius 2 is 0.673 bits per heavy atom. The monoisotopic (exact) mass is 697 g/mol. The molecule has 0 spiro atoms. The summed E-state index contributed by atoms with van der Waals surface area (Å²) in [4.78, 5) is 47.5. The SMILES string of the molecule is CCCCCCCCCCCCCCCCC(=O)OCC(COC(=O)CCC(=O)O)OC(=O)CCCCCCCCCCCCCCCC. The van der Waals surface area contributed by atoms with Gasteiger partial charge in [0, 0.05) is 12.8 Å². The van der Waals surface area contributed by atoms with Gasteiger partial charge in [0.1, 0.15) is 13.2 Å². The summed E-state index contributed by atoms with van der Waals surface area (Å²) < 4.78 is 16.0. The molecule has 0 aromatic rings. The number of carboxylic acid groups (broad SMARTS) is 1. The molecule has 0 aromatic heterocycles. The van der Waals surface area contributed by atoms with Crippen LogP contribution in [-0.4, -0.2) is 48.3 Å². The highest BCUT2D eigenvalue weighted by Crippen LogP contribution is 2.15. The number of rotatable bonds is 38. The van der Waals surface area contributed by atoms with Crippen molar-refractivity contribution >= 4 is 23.9 Å². The molecule has 1 atom stereocenters. The Labute approximate surface area is 300 Å². The Morgan fingerprint density at radius 1 is 0.388 bits per heavy atom. The van der Waals surface area contributed by atoms with Crippen molar-refractivity contribution in [1.82, 2.24) is 0 Å². The summed E-state index contributed by atoms with van der Waals surface area (Å²) >= 11 is 0. The first-order chi connectivity index (χ1) is 23.9. The van der Waals surface area contributed by atoms with E-state index in [0.717, 1.165) is 38.5 Å². The number of unbranched alkanes of at least 4 members (excludes halogenated alkanes) is 26. The zero-order chi connectivity index (χ0) is 36.0. The van der Waals surface area contributed by atoms with Gasteiger partial charge in [0.2, 0.25) is 0 Å². The first kappa shape index (κ1) is 46.9. The summed E-state index contributed by atoms with van der Waals surface area (Å²) in [6.45, 7) is 4.05. The number of esters is 3. The highest BCUT2D eigenvalue weighted by molar-refractivity contribution is 5.76. The molecule has 0 aromatic carbocycles. The Hall–Kier alpha value is -2.12. The lowest BCUT2D eigenvalue weighted by Crippen LogP contribution is -2.31. The lowest BCUT2D eigenvalue weighted by Gasteiger charge is -2.18. The topological polar surface area (TPSA) is 116 Å². The van der Waals surface area contributed by atoms with E-state index in [2.05, 4.69) is 13.8 Å². The highest BCUT2D eigenvalue weighted by Gasteiger charge is 2.20. The van der Waals surface area contributed by atoms with Crippen molar-refractivity contribution in [3.8, 4) is 0 Å². The van der Waals surface area contributed by atoms with Gasteiger partial charge in [-0.05, 0) is 12.8 Å². The fourth-order valence-electron chi connectivity index (χ4n) is 6.01. The molecule has 0 heterocycles. The molecule has 0 aliphatic rings. The Morgan fingerprint density at radius 3 is 1.00 bits per heavy atom. The molecule has 0 fully saturated rings. The lowest BCUT2D eigenvalue weighted by atomic mass is 10.0. The molecule has 0 amide bonds. The van der Waals surface area contributed by atoms with Crippen molar-refractivity contribution in [1.29, 1.82) is 0 Å². The first-order valence-electron chi connectivity index (χ1n) is 20.6. The van der Waals surface area contributed by atoms with Gasteiger partial charge in [0.25, 0.3) is 0 Å². The second-order valence-corrected chi connectivity index (χ2v) is 14.1. The average Bonchev–Trinajstić information content (AvgIpc) is 3.08. The van der Waals surface area contributed by atoms with Crippen LogP contribution >= 0.6 is 0 Å². The van der Waals surface area contributed by atoms with Gasteiger partial charge in [-0.25, -0.2) is 0 Å². The maximum Gasteiger partial charge on any atom is 0.306 e. The second-order valence-electron chi connectivity index (χ2n) is 14.1. The van der Waals surface area contributed by atoms with Crippen LogP contribution in [0, 0.1) is 0 Å². The van der Waals surface area contributed by atoms with E-state index in [9.17, 15) is 19.2 Å². The molecule has 8 heteroatoms. The van der Waals surface area contributed by atoms with Crippen molar-refractivity contribution in [2.24, 2.45) is 0 Å². The molecule has 0 radical (unpaired) electrons. The van der Waals surface area contributed by atoms with E-state index >= 15 is 0 Å². The van der Waals surface area contributed by atoms with Crippen molar-refractivity contribution in [3.05, 3.63) is 0 Å². The van der Waals surface area contributed by atoms with Crippen LogP contribution in [0.25, 0.3) is 0 Å². The van der Waals surface area contributed by atoms with Crippen molar-refractivity contribution in [2.75, 3.05) is 13.2 Å². The Bertz CT molecular complexity index is 783. The molecule has 0 aliphatic carbocycles. The summed E-state index contributed by atoms with van der Waals surface area (Å²) in [7, 11) is 0. The van der Waals surface area contributed by atoms with Gasteiger partial charge < -0.3 is 19.3 Å². The highest BCUT2D eigenvalue weighted by atomic mass is 16.6. The van der Waals surface area contributed by atoms with Crippen LogP contribution in [0.5, 0.6) is 0 Å². The molecule has 0 saturated heterocycles. The normalized spacial score (nSPS) is 11.7. The van der Waals surface area contributed by atoms with E-state index in [4.69, 9.17) is 19.3 Å². The Balaban J connectivity index is 4.11. The summed E-state index contributed by atoms with van der Waals surface area (Å²) in [5, 5.41) is 8.79. The molecule has 288 valence electrons. The summed E-state index contributed by atoms with van der Waals surface area (Å²) in [6, 6.07) is 0. The molecule has 0 rings (SSSR count). The zero-order valence-electron chi connectivity index (χ0n) is 31.9. The summed E-state index contributed by atoms with van der Waals surface area (Å²) in [6.07, 6.45) is 33.7. The number of carbonyl (C=O) groups is 4. The molecule has 0 bridgehead atoms. The van der Waals surface area contributed by atoms with Crippen LogP contribution in [0.15, 0.2) is 0 Å². The van der Waals surface area contributed by atoms with E-state index in [0.29, 0.717) is 6.42 Å². The number of carboxylic acids is 1. The van der Waals surface area contributed by atoms with E-state index < -0.39 is 24.0 Å². The molecule has 0 saturated carbocycles. The third-order valence-electron chi connectivity index (χ3n) is 9.17. The van der Waals surface area contributed by atoms with Crippen LogP contribution in [0.1, 0.15) is 219 Å². The van der Waals surface area contributed by atoms with Crippen LogP contribution in [0.3, 0.4) is 0 Å². The molecule has 1 unspecified atom stereocenters. The summed E-state index contributed by atoms with van der Waals surface area (Å²) in [5.41, 5.74) is 0. The number of carbonyl (C=O) groups excluding carboxylic acids is 3. The van der Waals surface area contributed by atoms with Crippen LogP contribution in [0.4, 0.5) is 0 Å². The van der Waals surface area contributed by atoms with E-state index in [1.165, 1.54) is 141 Å². The lowest BCUT2D eigenvalue weighted by molar-refractivity contribution is -0.167. The number of aliphatic carboxylic acids is 1. The average molecular weight is 697 g/mol. The predicted octanol–water partition coefficient (Wildman–Crippen LogP) is 11.6. The summed E-state index contributed by atoms with van der Waals surface area (Å²) in [5.74, 6) is -2.55. The minimum atomic E-state index is -1.09. The van der Waals surface area contributed by atoms with Crippen molar-refractivity contribution < 1.29 is 38.5 Å². The van der Waals surface area contributed by atoms with E-state index in [1.54, 1.807) is 0 Å². The molecule has 8 nitrogen and oxygen atoms in total. The van der Waals surface area contributed by atoms with Crippen LogP contribution in [0.2, 0.25) is 0 Å². The third-order valence-corrected chi connectivity index (χ3v) is 9.17. The van der Waals surface area contributed by atoms with E-state index in [-0.39, 0.29) is 38.4 Å². The van der Waals surface area contributed by atoms with Crippen LogP contribution in [-0.2, 0) is 33.4 Å². The van der Waals surface area contributed by atoms with E-state index in [1.807, 2.05) is 0 Å². The van der Waals surface area contributed by atoms with Crippen molar-refractivity contribution in [3.63, 3.8) is 0 Å². The van der Waals surface area contributed by atoms with Gasteiger partial charge in [-0.1, -0.05) is 181 Å². The van der Waals surface area contributed by atoms with Gasteiger partial charge in [-0.2, -0.15) is 0 Å². The molecule has 1 N–H and O–H groups in total. The van der Waals surface area contributed by atoms with Gasteiger partial charge in [-0.15, -0.1) is 0 Å². The van der Waals surface area contributed by atoms with Crippen LogP contribution < -0.4 is 0 Å². The zero-order valence-corrected chi connectivity index (χ0v) is 31.9. The maximum absolute atomic E-state index is 12.5. The minimum absolute atomic E-state index is 0.186.